The van der Waals surface area contributed by atoms with Gasteiger partial charge in [0.15, 0.2) is 5.82 Å². The number of halogens is 1. The predicted molar refractivity (Wildman–Crippen MR) is 75.7 cm³/mol. The molecule has 2 aromatic rings. The van der Waals surface area contributed by atoms with Gasteiger partial charge in [-0.25, -0.2) is 4.39 Å². The molecule has 3 N–H and O–H groups in total. The zero-order chi connectivity index (χ0) is 14.2. The molecule has 0 unspecified atom stereocenters. The van der Waals surface area contributed by atoms with Crippen LogP contribution in [0.2, 0.25) is 0 Å². The largest absolute Gasteiger partial charge is 0.398 e. The standard InChI is InChI=1S/C14H18FN3O/c1-14(2,19)8-18(3)13-10(15)7-11(16)9-5-4-6-17-12(9)13/h4-7,19H,8,16H2,1-3H3. The molecule has 1 aromatic carbocycles. The summed E-state index contributed by atoms with van der Waals surface area (Å²) in [4.78, 5) is 5.87. The van der Waals surface area contributed by atoms with Crippen LogP contribution in [-0.4, -0.2) is 29.3 Å². The maximum Gasteiger partial charge on any atom is 0.150 e. The molecular formula is C14H18FN3O. The second-order valence-corrected chi connectivity index (χ2v) is 5.36. The van der Waals surface area contributed by atoms with E-state index in [9.17, 15) is 9.50 Å². The van der Waals surface area contributed by atoms with Crippen LogP contribution < -0.4 is 10.6 Å². The van der Waals surface area contributed by atoms with Crippen LogP contribution in [-0.2, 0) is 0 Å². The molecule has 0 aliphatic carbocycles. The summed E-state index contributed by atoms with van der Waals surface area (Å²) in [5.74, 6) is -0.435. The van der Waals surface area contributed by atoms with Gasteiger partial charge in [0, 0.05) is 30.9 Å². The fourth-order valence-corrected chi connectivity index (χ4v) is 2.25. The van der Waals surface area contributed by atoms with E-state index in [4.69, 9.17) is 5.73 Å². The highest BCUT2D eigenvalue weighted by atomic mass is 19.1. The summed E-state index contributed by atoms with van der Waals surface area (Å²) in [5.41, 5.74) is 6.10. The Morgan fingerprint density at radius 2 is 2.16 bits per heavy atom. The van der Waals surface area contributed by atoms with Gasteiger partial charge in [0.05, 0.1) is 16.8 Å². The second kappa shape index (κ2) is 4.66. The van der Waals surface area contributed by atoms with Crippen molar-refractivity contribution < 1.29 is 9.50 Å². The van der Waals surface area contributed by atoms with Gasteiger partial charge >= 0.3 is 0 Å². The first kappa shape index (κ1) is 13.5. The fourth-order valence-electron chi connectivity index (χ4n) is 2.25. The van der Waals surface area contributed by atoms with E-state index < -0.39 is 11.4 Å². The van der Waals surface area contributed by atoms with Gasteiger partial charge in [-0.2, -0.15) is 0 Å². The van der Waals surface area contributed by atoms with E-state index in [1.54, 1.807) is 44.1 Å². The number of nitrogen functional groups attached to an aromatic ring is 1. The summed E-state index contributed by atoms with van der Waals surface area (Å²) < 4.78 is 14.2. The van der Waals surface area contributed by atoms with Crippen LogP contribution in [0.3, 0.4) is 0 Å². The van der Waals surface area contributed by atoms with Crippen LogP contribution in [0.1, 0.15) is 13.8 Å². The number of rotatable bonds is 3. The minimum atomic E-state index is -0.927. The molecule has 0 amide bonds. The molecule has 0 saturated carbocycles. The molecule has 0 aliphatic rings. The molecule has 5 heteroatoms. The number of aromatic nitrogens is 1. The van der Waals surface area contributed by atoms with Crippen LogP contribution in [0.4, 0.5) is 15.8 Å². The van der Waals surface area contributed by atoms with Gasteiger partial charge in [0.2, 0.25) is 0 Å². The highest BCUT2D eigenvalue weighted by molar-refractivity contribution is 5.98. The lowest BCUT2D eigenvalue weighted by Gasteiger charge is -2.28. The second-order valence-electron chi connectivity index (χ2n) is 5.36. The molecule has 4 nitrogen and oxygen atoms in total. The van der Waals surface area contributed by atoms with Crippen LogP contribution in [0.15, 0.2) is 24.4 Å². The highest BCUT2D eigenvalue weighted by Crippen LogP contribution is 2.32. The summed E-state index contributed by atoms with van der Waals surface area (Å²) in [6.07, 6.45) is 1.60. The van der Waals surface area contributed by atoms with Crippen molar-refractivity contribution in [3.05, 3.63) is 30.2 Å². The molecule has 1 aromatic heterocycles. The molecule has 0 spiro atoms. The Kier molecular flexibility index (Phi) is 3.32. The van der Waals surface area contributed by atoms with Gasteiger partial charge < -0.3 is 15.7 Å². The minimum Gasteiger partial charge on any atom is -0.398 e. The number of hydrogen-bond acceptors (Lipinski definition) is 4. The molecule has 2 rings (SSSR count). The van der Waals surface area contributed by atoms with Crippen molar-refractivity contribution in [1.82, 2.24) is 4.98 Å². The topological polar surface area (TPSA) is 62.4 Å². The third-order valence-corrected chi connectivity index (χ3v) is 2.86. The van der Waals surface area contributed by atoms with Gasteiger partial charge in [0.25, 0.3) is 0 Å². The van der Waals surface area contributed by atoms with E-state index in [0.717, 1.165) is 0 Å². The Bertz CT molecular complexity index is 607. The number of benzene rings is 1. The number of likely N-dealkylation sites (N-methyl/N-ethyl adjacent to an activating group) is 1. The summed E-state index contributed by atoms with van der Waals surface area (Å²) in [5, 5.41) is 10.6. The minimum absolute atomic E-state index is 0.291. The number of hydrogen-bond donors (Lipinski definition) is 2. The van der Waals surface area contributed by atoms with E-state index in [2.05, 4.69) is 4.98 Å². The van der Waals surface area contributed by atoms with E-state index in [1.165, 1.54) is 6.07 Å². The first-order chi connectivity index (χ1) is 8.79. The van der Waals surface area contributed by atoms with E-state index in [1.807, 2.05) is 0 Å². The van der Waals surface area contributed by atoms with Gasteiger partial charge in [-0.05, 0) is 32.0 Å². The van der Waals surface area contributed by atoms with Crippen LogP contribution in [0.25, 0.3) is 10.9 Å². The predicted octanol–water partition coefficient (Wildman–Crippen LogP) is 2.16. The Labute approximate surface area is 111 Å². The summed E-state index contributed by atoms with van der Waals surface area (Å²) >= 11 is 0. The number of aliphatic hydroxyl groups is 1. The van der Waals surface area contributed by atoms with Gasteiger partial charge in [-0.15, -0.1) is 0 Å². The fraction of sp³-hybridized carbons (Fsp3) is 0.357. The molecule has 102 valence electrons. The van der Waals surface area contributed by atoms with E-state index >= 15 is 0 Å². The number of nitrogens with two attached hydrogens (primary N) is 1. The molecule has 0 atom stereocenters. The summed E-state index contributed by atoms with van der Waals surface area (Å²) in [6.45, 7) is 3.64. The quantitative estimate of drug-likeness (QED) is 0.833. The van der Waals surface area contributed by atoms with Crippen molar-refractivity contribution in [1.29, 1.82) is 0 Å². The zero-order valence-electron chi connectivity index (χ0n) is 11.3. The molecule has 0 saturated heterocycles. The number of fused-ring (bicyclic) bond motifs is 1. The maximum atomic E-state index is 14.2. The Balaban J connectivity index is 2.59. The lowest BCUT2D eigenvalue weighted by molar-refractivity contribution is 0.0885. The Morgan fingerprint density at radius 1 is 1.47 bits per heavy atom. The number of anilines is 2. The van der Waals surface area contributed by atoms with Crippen LogP contribution >= 0.6 is 0 Å². The van der Waals surface area contributed by atoms with Crippen molar-refractivity contribution in [2.75, 3.05) is 24.2 Å². The molecule has 0 fully saturated rings. The van der Waals surface area contributed by atoms with Gasteiger partial charge in [0.1, 0.15) is 0 Å². The third-order valence-electron chi connectivity index (χ3n) is 2.86. The van der Waals surface area contributed by atoms with Crippen LogP contribution in [0, 0.1) is 5.82 Å². The number of nitrogens with zero attached hydrogens (tertiary/aromatic N) is 2. The summed E-state index contributed by atoms with van der Waals surface area (Å²) in [6, 6.07) is 4.86. The molecule has 1 heterocycles. The number of pyridine rings is 1. The molecule has 0 bridgehead atoms. The Morgan fingerprint density at radius 3 is 2.79 bits per heavy atom. The normalized spacial score (nSPS) is 11.8. The SMILES string of the molecule is CN(CC(C)(C)O)c1c(F)cc(N)c2cccnc12. The van der Waals surface area contributed by atoms with Crippen molar-refractivity contribution in [3.8, 4) is 0 Å². The third kappa shape index (κ3) is 2.76. The lowest BCUT2D eigenvalue weighted by atomic mass is 10.1. The molecule has 0 aliphatic heterocycles. The van der Waals surface area contributed by atoms with Gasteiger partial charge in [-0.3, -0.25) is 4.98 Å². The first-order valence-electron chi connectivity index (χ1n) is 6.06. The maximum absolute atomic E-state index is 14.2. The molecule has 19 heavy (non-hydrogen) atoms. The highest BCUT2D eigenvalue weighted by Gasteiger charge is 2.21. The van der Waals surface area contributed by atoms with Gasteiger partial charge in [-0.1, -0.05) is 0 Å². The zero-order valence-corrected chi connectivity index (χ0v) is 11.3. The Hall–Kier alpha value is -1.88. The average molecular weight is 263 g/mol. The smallest absolute Gasteiger partial charge is 0.150 e. The molecule has 0 radical (unpaired) electrons. The average Bonchev–Trinajstić information content (AvgIpc) is 2.26. The van der Waals surface area contributed by atoms with Crippen molar-refractivity contribution >= 4 is 22.3 Å². The van der Waals surface area contributed by atoms with Crippen molar-refractivity contribution in [2.45, 2.75) is 19.4 Å². The van der Waals surface area contributed by atoms with E-state index in [0.29, 0.717) is 28.8 Å². The summed E-state index contributed by atoms with van der Waals surface area (Å²) in [7, 11) is 1.72. The monoisotopic (exact) mass is 263 g/mol. The molecular weight excluding hydrogens is 245 g/mol. The van der Waals surface area contributed by atoms with Crippen molar-refractivity contribution in [2.24, 2.45) is 0 Å². The van der Waals surface area contributed by atoms with Crippen LogP contribution in [0.5, 0.6) is 0 Å². The van der Waals surface area contributed by atoms with Crippen molar-refractivity contribution in [3.63, 3.8) is 0 Å². The van der Waals surface area contributed by atoms with E-state index in [-0.39, 0.29) is 0 Å². The first-order valence-corrected chi connectivity index (χ1v) is 6.06. The lowest BCUT2D eigenvalue weighted by Crippen LogP contribution is -2.36.